The van der Waals surface area contributed by atoms with Crippen molar-refractivity contribution >= 4 is 33.9 Å². The van der Waals surface area contributed by atoms with Crippen molar-refractivity contribution in [1.82, 2.24) is 5.32 Å². The number of halogens is 1. The number of para-hydroxylation sites is 2. The fourth-order valence-electron chi connectivity index (χ4n) is 3.28. The van der Waals surface area contributed by atoms with E-state index < -0.39 is 11.9 Å². The van der Waals surface area contributed by atoms with Gasteiger partial charge in [-0.25, -0.2) is 4.79 Å². The molecule has 4 aromatic carbocycles. The quantitative estimate of drug-likeness (QED) is 0.226. The molecule has 0 saturated carbocycles. The van der Waals surface area contributed by atoms with Crippen molar-refractivity contribution in [3.63, 3.8) is 0 Å². The lowest BCUT2D eigenvalue weighted by Gasteiger charge is -2.09. The van der Waals surface area contributed by atoms with Gasteiger partial charge in [-0.3, -0.25) is 4.79 Å². The number of carboxylic acids is 1. The van der Waals surface area contributed by atoms with Crippen molar-refractivity contribution in [3.05, 3.63) is 124 Å². The van der Waals surface area contributed by atoms with Crippen LogP contribution >= 0.6 is 15.9 Å². The molecule has 6 nitrogen and oxygen atoms in total. The predicted molar refractivity (Wildman–Crippen MR) is 141 cm³/mol. The highest BCUT2D eigenvalue weighted by Gasteiger charge is 2.13. The second-order valence-electron chi connectivity index (χ2n) is 7.75. The van der Waals surface area contributed by atoms with Crippen LogP contribution in [0.25, 0.3) is 6.08 Å². The average Bonchev–Trinajstić information content (AvgIpc) is 2.88. The molecule has 2 N–H and O–H groups in total. The van der Waals surface area contributed by atoms with Crippen LogP contribution in [-0.2, 0) is 16.0 Å². The van der Waals surface area contributed by atoms with Crippen LogP contribution in [0.15, 0.2) is 113 Å². The van der Waals surface area contributed by atoms with Crippen LogP contribution in [0, 0.1) is 0 Å². The molecular formula is C29H22BrNO5. The van der Waals surface area contributed by atoms with Crippen LogP contribution in [0.2, 0.25) is 0 Å². The Morgan fingerprint density at radius 3 is 2.00 bits per heavy atom. The largest absolute Gasteiger partial charge is 0.477 e. The molecule has 0 aliphatic carbocycles. The first-order valence-corrected chi connectivity index (χ1v) is 11.8. The van der Waals surface area contributed by atoms with Crippen LogP contribution < -0.4 is 14.8 Å². The monoisotopic (exact) mass is 543 g/mol. The van der Waals surface area contributed by atoms with E-state index in [0.717, 1.165) is 10.0 Å². The Balaban J connectivity index is 1.37. The summed E-state index contributed by atoms with van der Waals surface area (Å²) in [5, 5.41) is 12.1. The molecule has 36 heavy (non-hydrogen) atoms. The van der Waals surface area contributed by atoms with Crippen LogP contribution in [0.3, 0.4) is 0 Å². The van der Waals surface area contributed by atoms with Crippen molar-refractivity contribution in [1.29, 1.82) is 0 Å². The molecule has 0 spiro atoms. The van der Waals surface area contributed by atoms with Crippen molar-refractivity contribution in [3.8, 4) is 23.0 Å². The van der Waals surface area contributed by atoms with Crippen LogP contribution in [-0.4, -0.2) is 17.0 Å². The summed E-state index contributed by atoms with van der Waals surface area (Å²) in [5.74, 6) is 0.951. The molecule has 0 radical (unpaired) electrons. The summed E-state index contributed by atoms with van der Waals surface area (Å²) in [6, 6.07) is 30.8. The summed E-state index contributed by atoms with van der Waals surface area (Å²) in [6.45, 7) is 0. The van der Waals surface area contributed by atoms with E-state index in [1.54, 1.807) is 48.5 Å². The Labute approximate surface area is 216 Å². The molecule has 0 heterocycles. The fraction of sp³-hybridized carbons (Fsp3) is 0.0345. The first-order valence-electron chi connectivity index (χ1n) is 11.1. The molecule has 0 atom stereocenters. The van der Waals surface area contributed by atoms with E-state index in [0.29, 0.717) is 28.6 Å². The number of amides is 1. The predicted octanol–water partition coefficient (Wildman–Crippen LogP) is 6.82. The molecule has 180 valence electrons. The number of hydrogen-bond acceptors (Lipinski definition) is 4. The molecule has 0 bridgehead atoms. The molecule has 0 unspecified atom stereocenters. The summed E-state index contributed by atoms with van der Waals surface area (Å²) in [4.78, 5) is 24.2. The van der Waals surface area contributed by atoms with Crippen LogP contribution in [0.5, 0.6) is 23.0 Å². The highest BCUT2D eigenvalue weighted by atomic mass is 79.9. The van der Waals surface area contributed by atoms with Gasteiger partial charge in [-0.2, -0.15) is 0 Å². The number of nitrogens with one attached hydrogen (secondary N) is 1. The fourth-order valence-corrected chi connectivity index (χ4v) is 3.65. The smallest absolute Gasteiger partial charge is 0.352 e. The van der Waals surface area contributed by atoms with Gasteiger partial charge in [0.15, 0.2) is 0 Å². The minimum absolute atomic E-state index is 0.0228. The summed E-state index contributed by atoms with van der Waals surface area (Å²) in [5.41, 5.74) is 1.12. The van der Waals surface area contributed by atoms with Crippen molar-refractivity contribution in [2.45, 2.75) is 6.42 Å². The van der Waals surface area contributed by atoms with E-state index >= 15 is 0 Å². The minimum atomic E-state index is -1.23. The van der Waals surface area contributed by atoms with E-state index in [1.165, 1.54) is 6.08 Å². The van der Waals surface area contributed by atoms with E-state index in [-0.39, 0.29) is 12.1 Å². The third kappa shape index (κ3) is 7.07. The third-order valence-corrected chi connectivity index (χ3v) is 5.68. The number of carbonyl (C=O) groups excluding carboxylic acids is 1. The van der Waals surface area contributed by atoms with Gasteiger partial charge in [0, 0.05) is 0 Å². The van der Waals surface area contributed by atoms with Gasteiger partial charge in [-0.05, 0) is 81.7 Å². The zero-order chi connectivity index (χ0) is 25.3. The van der Waals surface area contributed by atoms with E-state index in [1.807, 2.05) is 54.6 Å². The normalized spacial score (nSPS) is 11.0. The molecule has 0 aliphatic rings. The van der Waals surface area contributed by atoms with Crippen molar-refractivity contribution < 1.29 is 24.2 Å². The van der Waals surface area contributed by atoms with E-state index in [4.69, 9.17) is 9.47 Å². The van der Waals surface area contributed by atoms with Gasteiger partial charge in [0.05, 0.1) is 10.9 Å². The van der Waals surface area contributed by atoms with Crippen molar-refractivity contribution in [2.24, 2.45) is 0 Å². The first-order chi connectivity index (χ1) is 17.5. The molecule has 0 fully saturated rings. The Bertz CT molecular complexity index is 1370. The Morgan fingerprint density at radius 2 is 1.33 bits per heavy atom. The highest BCUT2D eigenvalue weighted by molar-refractivity contribution is 9.10. The topological polar surface area (TPSA) is 84.9 Å². The zero-order valence-corrected chi connectivity index (χ0v) is 20.6. The average molecular weight is 544 g/mol. The maximum atomic E-state index is 12.5. The lowest BCUT2D eigenvalue weighted by Crippen LogP contribution is -2.28. The summed E-state index contributed by atoms with van der Waals surface area (Å²) in [6.07, 6.45) is 1.42. The van der Waals surface area contributed by atoms with Gasteiger partial charge in [-0.15, -0.1) is 0 Å². The Kier molecular flexibility index (Phi) is 8.16. The van der Waals surface area contributed by atoms with Gasteiger partial charge < -0.3 is 19.9 Å². The lowest BCUT2D eigenvalue weighted by atomic mass is 10.1. The highest BCUT2D eigenvalue weighted by Crippen LogP contribution is 2.29. The van der Waals surface area contributed by atoms with Crippen LogP contribution in [0.4, 0.5) is 0 Å². The number of hydrogen-bond donors (Lipinski definition) is 2. The van der Waals surface area contributed by atoms with Crippen LogP contribution in [0.1, 0.15) is 11.1 Å². The number of ether oxygens (including phenoxy) is 2. The SMILES string of the molecule is O=C(Cc1ccc(Oc2ccccc2)cc1)N/C(=C\c1ccc(Oc2ccccc2Br)cc1)C(=O)O. The van der Waals surface area contributed by atoms with Gasteiger partial charge in [0.1, 0.15) is 28.7 Å². The number of carboxylic acid groups (broad SMARTS) is 1. The van der Waals surface area contributed by atoms with Gasteiger partial charge >= 0.3 is 5.97 Å². The number of aliphatic carboxylic acids is 1. The van der Waals surface area contributed by atoms with Gasteiger partial charge in [-0.1, -0.05) is 54.6 Å². The Hall–Kier alpha value is -4.36. The number of benzene rings is 4. The molecule has 4 aromatic rings. The molecule has 0 saturated heterocycles. The number of rotatable bonds is 9. The Morgan fingerprint density at radius 1 is 0.750 bits per heavy atom. The molecule has 0 aliphatic heterocycles. The molecular weight excluding hydrogens is 522 g/mol. The summed E-state index contributed by atoms with van der Waals surface area (Å²) >= 11 is 3.43. The lowest BCUT2D eigenvalue weighted by molar-refractivity contribution is -0.134. The molecule has 0 aromatic heterocycles. The molecule has 7 heteroatoms. The maximum absolute atomic E-state index is 12.5. The number of carbonyl (C=O) groups is 2. The molecule has 1 amide bonds. The van der Waals surface area contributed by atoms with Crippen molar-refractivity contribution in [2.75, 3.05) is 0 Å². The summed E-state index contributed by atoms with van der Waals surface area (Å²) in [7, 11) is 0. The second-order valence-corrected chi connectivity index (χ2v) is 8.60. The summed E-state index contributed by atoms with van der Waals surface area (Å²) < 4.78 is 12.4. The third-order valence-electron chi connectivity index (χ3n) is 5.03. The maximum Gasteiger partial charge on any atom is 0.352 e. The minimum Gasteiger partial charge on any atom is -0.477 e. The van der Waals surface area contributed by atoms with E-state index in [9.17, 15) is 14.7 Å². The standard InChI is InChI=1S/C29H22BrNO5/c30-25-8-4-5-9-27(25)36-24-16-10-20(11-17-24)18-26(29(33)34)31-28(32)19-21-12-14-23(15-13-21)35-22-6-2-1-3-7-22/h1-18H,19H2,(H,31,32)(H,33,34)/b26-18-. The first kappa shape index (κ1) is 24.8. The zero-order valence-electron chi connectivity index (χ0n) is 19.1. The molecule has 4 rings (SSSR count). The van der Waals surface area contributed by atoms with Gasteiger partial charge in [0.2, 0.25) is 5.91 Å². The van der Waals surface area contributed by atoms with Gasteiger partial charge in [0.25, 0.3) is 0 Å². The van der Waals surface area contributed by atoms with E-state index in [2.05, 4.69) is 21.2 Å². The second kappa shape index (κ2) is 11.9.